The lowest BCUT2D eigenvalue weighted by molar-refractivity contribution is 0.0784. The van der Waals surface area contributed by atoms with E-state index in [4.69, 9.17) is 0 Å². The molecule has 0 atom stereocenters. The van der Waals surface area contributed by atoms with E-state index in [1.807, 2.05) is 24.3 Å². The van der Waals surface area contributed by atoms with E-state index in [9.17, 15) is 4.79 Å². The third kappa shape index (κ3) is 3.17. The number of hydrogen-bond acceptors (Lipinski definition) is 2. The van der Waals surface area contributed by atoms with E-state index in [1.54, 1.807) is 36.5 Å². The van der Waals surface area contributed by atoms with Crippen LogP contribution in [0.1, 0.15) is 15.9 Å². The predicted octanol–water partition coefficient (Wildman–Crippen LogP) is 3.12. The highest BCUT2D eigenvalue weighted by molar-refractivity contribution is 9.10. The van der Waals surface area contributed by atoms with Crippen molar-refractivity contribution in [1.29, 1.82) is 0 Å². The molecule has 92 valence electrons. The van der Waals surface area contributed by atoms with Gasteiger partial charge < -0.3 is 4.90 Å². The molecule has 4 heteroatoms. The van der Waals surface area contributed by atoms with Gasteiger partial charge in [0.05, 0.1) is 5.56 Å². The number of rotatable bonds is 3. The summed E-state index contributed by atoms with van der Waals surface area (Å²) in [5.41, 5.74) is 1.70. The zero-order valence-electron chi connectivity index (χ0n) is 10.0. The molecule has 0 bridgehead atoms. The Bertz CT molecular complexity index is 525. The van der Waals surface area contributed by atoms with Crippen LogP contribution in [0, 0.1) is 0 Å². The third-order valence-corrected chi connectivity index (χ3v) is 3.12. The first-order valence-electron chi connectivity index (χ1n) is 5.57. The summed E-state index contributed by atoms with van der Waals surface area (Å²) in [6, 6.07) is 11.5. The van der Waals surface area contributed by atoms with E-state index >= 15 is 0 Å². The van der Waals surface area contributed by atoms with Gasteiger partial charge in [-0.1, -0.05) is 28.1 Å². The zero-order valence-corrected chi connectivity index (χ0v) is 11.6. The molecule has 1 aromatic carbocycles. The summed E-state index contributed by atoms with van der Waals surface area (Å²) in [5, 5.41) is 0. The molecule has 0 radical (unpaired) electrons. The number of carbonyl (C=O) groups is 1. The summed E-state index contributed by atoms with van der Waals surface area (Å²) in [4.78, 5) is 17.7. The quantitative estimate of drug-likeness (QED) is 0.873. The van der Waals surface area contributed by atoms with Crippen LogP contribution in [-0.4, -0.2) is 22.8 Å². The van der Waals surface area contributed by atoms with Crippen LogP contribution in [0.15, 0.2) is 53.3 Å². The maximum atomic E-state index is 12.1. The molecule has 0 saturated carbocycles. The van der Waals surface area contributed by atoms with Gasteiger partial charge in [-0.3, -0.25) is 9.78 Å². The third-order valence-electron chi connectivity index (χ3n) is 2.59. The van der Waals surface area contributed by atoms with Crippen molar-refractivity contribution < 1.29 is 4.79 Å². The number of carbonyl (C=O) groups excluding carboxylic acids is 1. The van der Waals surface area contributed by atoms with Gasteiger partial charge >= 0.3 is 0 Å². The molecule has 0 aliphatic rings. The highest BCUT2D eigenvalue weighted by Gasteiger charge is 2.11. The molecule has 0 N–H and O–H groups in total. The number of hydrogen-bond donors (Lipinski definition) is 0. The Morgan fingerprint density at radius 2 is 2.00 bits per heavy atom. The minimum absolute atomic E-state index is 0.0222. The fraction of sp³-hybridized carbons (Fsp3) is 0.143. The topological polar surface area (TPSA) is 33.2 Å². The molecule has 3 nitrogen and oxygen atoms in total. The van der Waals surface area contributed by atoms with Gasteiger partial charge in [0.15, 0.2) is 0 Å². The predicted molar refractivity (Wildman–Crippen MR) is 74.2 cm³/mol. The normalized spacial score (nSPS) is 10.1. The standard InChI is InChI=1S/C14H13BrN2O/c1-17(10-11-4-6-13(15)7-5-11)14(18)12-3-2-8-16-9-12/h2-9H,10H2,1H3. The molecule has 1 heterocycles. The molecule has 0 aliphatic heterocycles. The number of amides is 1. The number of nitrogens with zero attached hydrogens (tertiary/aromatic N) is 2. The lowest BCUT2D eigenvalue weighted by atomic mass is 10.2. The average Bonchev–Trinajstić information content (AvgIpc) is 2.41. The molecule has 0 unspecified atom stereocenters. The van der Waals surface area contributed by atoms with Crippen LogP contribution in [0.2, 0.25) is 0 Å². The van der Waals surface area contributed by atoms with Crippen molar-refractivity contribution in [2.24, 2.45) is 0 Å². The smallest absolute Gasteiger partial charge is 0.255 e. The molecule has 2 rings (SSSR count). The number of benzene rings is 1. The van der Waals surface area contributed by atoms with E-state index in [-0.39, 0.29) is 5.91 Å². The minimum Gasteiger partial charge on any atom is -0.337 e. The monoisotopic (exact) mass is 304 g/mol. The second kappa shape index (κ2) is 5.78. The van der Waals surface area contributed by atoms with Gasteiger partial charge in [-0.15, -0.1) is 0 Å². The first-order chi connectivity index (χ1) is 8.66. The van der Waals surface area contributed by atoms with Gasteiger partial charge in [0, 0.05) is 30.5 Å². The van der Waals surface area contributed by atoms with Crippen LogP contribution in [0.25, 0.3) is 0 Å². The Balaban J connectivity index is 2.06. The van der Waals surface area contributed by atoms with Crippen molar-refractivity contribution in [3.63, 3.8) is 0 Å². The number of halogens is 1. The second-order valence-electron chi connectivity index (χ2n) is 4.03. The average molecular weight is 305 g/mol. The maximum Gasteiger partial charge on any atom is 0.255 e. The zero-order chi connectivity index (χ0) is 13.0. The van der Waals surface area contributed by atoms with Crippen LogP contribution in [0.3, 0.4) is 0 Å². The molecule has 0 fully saturated rings. The molecule has 0 spiro atoms. The number of pyridine rings is 1. The Morgan fingerprint density at radius 3 is 2.61 bits per heavy atom. The van der Waals surface area contributed by atoms with E-state index in [1.165, 1.54) is 0 Å². The fourth-order valence-electron chi connectivity index (χ4n) is 1.65. The van der Waals surface area contributed by atoms with Crippen LogP contribution >= 0.6 is 15.9 Å². The lowest BCUT2D eigenvalue weighted by Gasteiger charge is -2.17. The van der Waals surface area contributed by atoms with Crippen molar-refractivity contribution in [3.05, 3.63) is 64.4 Å². The highest BCUT2D eigenvalue weighted by Crippen LogP contribution is 2.12. The first-order valence-corrected chi connectivity index (χ1v) is 6.36. The second-order valence-corrected chi connectivity index (χ2v) is 4.95. The van der Waals surface area contributed by atoms with Crippen molar-refractivity contribution >= 4 is 21.8 Å². The Labute approximate surface area is 115 Å². The Hall–Kier alpha value is -1.68. The molecule has 18 heavy (non-hydrogen) atoms. The molecule has 0 aliphatic carbocycles. The molecular weight excluding hydrogens is 292 g/mol. The van der Waals surface area contributed by atoms with Gasteiger partial charge in [0.25, 0.3) is 5.91 Å². The first kappa shape index (κ1) is 12.8. The highest BCUT2D eigenvalue weighted by atomic mass is 79.9. The SMILES string of the molecule is CN(Cc1ccc(Br)cc1)C(=O)c1cccnc1. The molecule has 0 saturated heterocycles. The fourth-order valence-corrected chi connectivity index (χ4v) is 1.91. The van der Waals surface area contributed by atoms with Gasteiger partial charge in [-0.05, 0) is 29.8 Å². The van der Waals surface area contributed by atoms with Gasteiger partial charge in [0.2, 0.25) is 0 Å². The lowest BCUT2D eigenvalue weighted by Crippen LogP contribution is -2.26. The van der Waals surface area contributed by atoms with E-state index in [0.29, 0.717) is 12.1 Å². The van der Waals surface area contributed by atoms with Crippen molar-refractivity contribution in [3.8, 4) is 0 Å². The van der Waals surface area contributed by atoms with Crippen LogP contribution in [-0.2, 0) is 6.54 Å². The van der Waals surface area contributed by atoms with Gasteiger partial charge in [0.1, 0.15) is 0 Å². The Kier molecular flexibility index (Phi) is 4.10. The summed E-state index contributed by atoms with van der Waals surface area (Å²) < 4.78 is 1.03. The molecular formula is C14H13BrN2O. The summed E-state index contributed by atoms with van der Waals surface area (Å²) in [7, 11) is 1.79. The van der Waals surface area contributed by atoms with E-state index in [0.717, 1.165) is 10.0 Å². The van der Waals surface area contributed by atoms with Crippen LogP contribution in [0.5, 0.6) is 0 Å². The van der Waals surface area contributed by atoms with Crippen molar-refractivity contribution in [2.75, 3.05) is 7.05 Å². The summed E-state index contributed by atoms with van der Waals surface area (Å²) in [6.45, 7) is 0.584. The molecule has 1 amide bonds. The largest absolute Gasteiger partial charge is 0.337 e. The maximum absolute atomic E-state index is 12.1. The Morgan fingerprint density at radius 1 is 1.28 bits per heavy atom. The van der Waals surface area contributed by atoms with Gasteiger partial charge in [-0.2, -0.15) is 0 Å². The number of aromatic nitrogens is 1. The van der Waals surface area contributed by atoms with Crippen LogP contribution in [0.4, 0.5) is 0 Å². The molecule has 2 aromatic rings. The van der Waals surface area contributed by atoms with Crippen molar-refractivity contribution in [2.45, 2.75) is 6.54 Å². The summed E-state index contributed by atoms with van der Waals surface area (Å²) in [5.74, 6) is -0.0222. The summed E-state index contributed by atoms with van der Waals surface area (Å²) >= 11 is 3.39. The minimum atomic E-state index is -0.0222. The summed E-state index contributed by atoms with van der Waals surface area (Å²) in [6.07, 6.45) is 3.24. The van der Waals surface area contributed by atoms with Crippen molar-refractivity contribution in [1.82, 2.24) is 9.88 Å². The molecule has 1 aromatic heterocycles. The van der Waals surface area contributed by atoms with E-state index < -0.39 is 0 Å². The van der Waals surface area contributed by atoms with Crippen LogP contribution < -0.4 is 0 Å². The van der Waals surface area contributed by atoms with Gasteiger partial charge in [-0.25, -0.2) is 0 Å². The van der Waals surface area contributed by atoms with E-state index in [2.05, 4.69) is 20.9 Å².